The number of carbonyl (C=O) groups excluding carboxylic acids is 1. The van der Waals surface area contributed by atoms with E-state index < -0.39 is 0 Å². The number of allylic oxidation sites excluding steroid dienone is 1. The first-order valence-electron chi connectivity index (χ1n) is 7.65. The summed E-state index contributed by atoms with van der Waals surface area (Å²) >= 11 is 0. The second-order valence-electron chi connectivity index (χ2n) is 6.07. The van der Waals surface area contributed by atoms with Crippen LogP contribution in [0.25, 0.3) is 5.57 Å². The second-order valence-corrected chi connectivity index (χ2v) is 6.07. The van der Waals surface area contributed by atoms with Crippen molar-refractivity contribution in [2.75, 3.05) is 17.2 Å². The normalized spacial score (nSPS) is 18.1. The summed E-state index contributed by atoms with van der Waals surface area (Å²) in [5, 5.41) is 17.2. The quantitative estimate of drug-likeness (QED) is 0.631. The van der Waals surface area contributed by atoms with Gasteiger partial charge in [0.25, 0.3) is 0 Å². The van der Waals surface area contributed by atoms with Crippen LogP contribution in [0.1, 0.15) is 32.8 Å². The van der Waals surface area contributed by atoms with E-state index in [1.807, 2.05) is 31.3 Å². The molecule has 1 heterocycles. The van der Waals surface area contributed by atoms with E-state index in [1.165, 1.54) is 6.21 Å². The fraction of sp³-hybridized carbons (Fsp3) is 0.412. The molecule has 1 atom stereocenters. The van der Waals surface area contributed by atoms with Gasteiger partial charge in [-0.15, -0.1) is 0 Å². The van der Waals surface area contributed by atoms with Crippen LogP contribution in [0.5, 0.6) is 0 Å². The molecule has 0 aromatic heterocycles. The van der Waals surface area contributed by atoms with Crippen molar-refractivity contribution in [2.45, 2.75) is 33.2 Å². The van der Waals surface area contributed by atoms with E-state index in [-0.39, 0.29) is 11.9 Å². The summed E-state index contributed by atoms with van der Waals surface area (Å²) in [6.07, 6.45) is 3.63. The highest BCUT2D eigenvalue weighted by atomic mass is 16.1. The lowest BCUT2D eigenvalue weighted by atomic mass is 10.0. The standard InChI is InChI=1S/C17H24N4O/c1-11(2)9-19-10-13(8-18)14-5-4-6-15-17(14)20-12(3)7-16(22)21-15/h4-6,8,10-12,18-20H,7,9H2,1-3H3,(H,21,22)/b13-10+,18-8?/t12-/m1/s1. The van der Waals surface area contributed by atoms with Crippen molar-refractivity contribution in [3.8, 4) is 0 Å². The maximum Gasteiger partial charge on any atom is 0.226 e. The minimum Gasteiger partial charge on any atom is -0.390 e. The molecule has 118 valence electrons. The summed E-state index contributed by atoms with van der Waals surface area (Å²) in [5.41, 5.74) is 3.34. The van der Waals surface area contributed by atoms with E-state index in [1.54, 1.807) is 0 Å². The Morgan fingerprint density at radius 2 is 2.27 bits per heavy atom. The molecule has 1 aromatic carbocycles. The zero-order valence-electron chi connectivity index (χ0n) is 13.4. The summed E-state index contributed by atoms with van der Waals surface area (Å²) in [7, 11) is 0. The first kappa shape index (κ1) is 16.1. The van der Waals surface area contributed by atoms with Crippen molar-refractivity contribution < 1.29 is 4.79 Å². The van der Waals surface area contributed by atoms with E-state index in [2.05, 4.69) is 29.8 Å². The summed E-state index contributed by atoms with van der Waals surface area (Å²) < 4.78 is 0. The van der Waals surface area contributed by atoms with Crippen LogP contribution in [0.3, 0.4) is 0 Å². The Bertz CT molecular complexity index is 592. The van der Waals surface area contributed by atoms with Crippen LogP contribution < -0.4 is 16.0 Å². The monoisotopic (exact) mass is 300 g/mol. The average molecular weight is 300 g/mol. The lowest BCUT2D eigenvalue weighted by Gasteiger charge is -2.17. The summed E-state index contributed by atoms with van der Waals surface area (Å²) in [5.74, 6) is 0.544. The van der Waals surface area contributed by atoms with Crippen molar-refractivity contribution in [2.24, 2.45) is 5.92 Å². The molecule has 5 heteroatoms. The number of rotatable bonds is 5. The van der Waals surface area contributed by atoms with E-state index >= 15 is 0 Å². The van der Waals surface area contributed by atoms with Crippen molar-refractivity contribution in [1.29, 1.82) is 5.41 Å². The van der Waals surface area contributed by atoms with Gasteiger partial charge >= 0.3 is 0 Å². The molecule has 1 aliphatic heterocycles. The molecule has 2 rings (SSSR count). The van der Waals surface area contributed by atoms with E-state index in [4.69, 9.17) is 5.41 Å². The van der Waals surface area contributed by atoms with Gasteiger partial charge < -0.3 is 21.4 Å². The van der Waals surface area contributed by atoms with Crippen molar-refractivity contribution in [3.05, 3.63) is 30.0 Å². The van der Waals surface area contributed by atoms with Gasteiger partial charge in [-0.25, -0.2) is 0 Å². The SMILES string of the molecule is CC(C)CN/C=C(\C=N)c1cccc2c1N[C@H](C)CC(=O)N2. The third kappa shape index (κ3) is 3.87. The van der Waals surface area contributed by atoms with Crippen molar-refractivity contribution in [1.82, 2.24) is 5.32 Å². The van der Waals surface area contributed by atoms with Gasteiger partial charge in [0.15, 0.2) is 0 Å². The molecule has 0 fully saturated rings. The predicted molar refractivity (Wildman–Crippen MR) is 92.4 cm³/mol. The number of amides is 1. The molecule has 1 amide bonds. The van der Waals surface area contributed by atoms with Crippen LogP contribution in [0.4, 0.5) is 11.4 Å². The Morgan fingerprint density at radius 3 is 2.95 bits per heavy atom. The van der Waals surface area contributed by atoms with Crippen LogP contribution in [-0.4, -0.2) is 24.7 Å². The second kappa shape index (κ2) is 7.11. The lowest BCUT2D eigenvalue weighted by molar-refractivity contribution is -0.116. The topological polar surface area (TPSA) is 77.0 Å². The largest absolute Gasteiger partial charge is 0.390 e. The van der Waals surface area contributed by atoms with Crippen molar-refractivity contribution in [3.63, 3.8) is 0 Å². The van der Waals surface area contributed by atoms with Crippen molar-refractivity contribution >= 4 is 29.1 Å². The number of hydrogen-bond acceptors (Lipinski definition) is 4. The Kier molecular flexibility index (Phi) is 5.20. The predicted octanol–water partition coefficient (Wildman–Crippen LogP) is 3.07. The average Bonchev–Trinajstić information content (AvgIpc) is 2.59. The van der Waals surface area contributed by atoms with Gasteiger partial charge in [0, 0.05) is 42.6 Å². The fourth-order valence-electron chi connectivity index (χ4n) is 2.43. The summed E-state index contributed by atoms with van der Waals surface area (Å²) in [6.45, 7) is 7.11. The molecule has 0 bridgehead atoms. The Morgan fingerprint density at radius 1 is 1.50 bits per heavy atom. The maximum absolute atomic E-state index is 11.8. The van der Waals surface area contributed by atoms with Crippen LogP contribution >= 0.6 is 0 Å². The first-order valence-corrected chi connectivity index (χ1v) is 7.65. The molecule has 0 unspecified atom stereocenters. The molecule has 0 saturated heterocycles. The molecular weight excluding hydrogens is 276 g/mol. The van der Waals surface area contributed by atoms with Crippen LogP contribution in [0.15, 0.2) is 24.4 Å². The van der Waals surface area contributed by atoms with Gasteiger partial charge in [-0.3, -0.25) is 4.79 Å². The highest BCUT2D eigenvalue weighted by molar-refractivity contribution is 6.12. The first-order chi connectivity index (χ1) is 10.5. The number of fused-ring (bicyclic) bond motifs is 1. The number of anilines is 2. The summed E-state index contributed by atoms with van der Waals surface area (Å²) in [6, 6.07) is 5.79. The lowest BCUT2D eigenvalue weighted by Crippen LogP contribution is -2.19. The van der Waals surface area contributed by atoms with Gasteiger partial charge in [-0.1, -0.05) is 26.0 Å². The smallest absolute Gasteiger partial charge is 0.226 e. The van der Waals surface area contributed by atoms with Gasteiger partial charge in [0.1, 0.15) is 0 Å². The minimum atomic E-state index is 0.00853. The third-order valence-electron chi connectivity index (χ3n) is 3.47. The third-order valence-corrected chi connectivity index (χ3v) is 3.47. The molecule has 1 aromatic rings. The number of hydrogen-bond donors (Lipinski definition) is 4. The Balaban J connectivity index is 2.36. The molecule has 5 nitrogen and oxygen atoms in total. The highest BCUT2D eigenvalue weighted by Gasteiger charge is 2.20. The zero-order valence-corrected chi connectivity index (χ0v) is 13.4. The number of benzene rings is 1. The van der Waals surface area contributed by atoms with E-state index in [0.29, 0.717) is 12.3 Å². The fourth-order valence-corrected chi connectivity index (χ4v) is 2.43. The molecule has 0 aliphatic carbocycles. The van der Waals surface area contributed by atoms with Gasteiger partial charge in [0.05, 0.1) is 11.4 Å². The maximum atomic E-state index is 11.8. The summed E-state index contributed by atoms with van der Waals surface area (Å²) in [4.78, 5) is 11.8. The molecule has 1 aliphatic rings. The Hall–Kier alpha value is -2.30. The Labute approximate surface area is 131 Å². The molecule has 0 radical (unpaired) electrons. The molecule has 22 heavy (non-hydrogen) atoms. The van der Waals surface area contributed by atoms with E-state index in [0.717, 1.165) is 29.1 Å². The number of carbonyl (C=O) groups is 1. The van der Waals surface area contributed by atoms with Crippen LogP contribution in [-0.2, 0) is 4.79 Å². The molecule has 4 N–H and O–H groups in total. The zero-order chi connectivity index (χ0) is 16.1. The molecular formula is C17H24N4O. The number of nitrogens with one attached hydrogen (secondary N) is 4. The van der Waals surface area contributed by atoms with Gasteiger partial charge in [0.2, 0.25) is 5.91 Å². The molecule has 0 spiro atoms. The van der Waals surface area contributed by atoms with E-state index in [9.17, 15) is 4.79 Å². The van der Waals surface area contributed by atoms with Gasteiger partial charge in [-0.05, 0) is 18.9 Å². The molecule has 0 saturated carbocycles. The van der Waals surface area contributed by atoms with Crippen LogP contribution in [0, 0.1) is 11.3 Å². The van der Waals surface area contributed by atoms with Gasteiger partial charge in [-0.2, -0.15) is 0 Å². The van der Waals surface area contributed by atoms with Crippen LogP contribution in [0.2, 0.25) is 0 Å². The highest BCUT2D eigenvalue weighted by Crippen LogP contribution is 2.33. The minimum absolute atomic E-state index is 0.00853. The number of para-hydroxylation sites is 1.